The van der Waals surface area contributed by atoms with Crippen molar-refractivity contribution in [3.63, 3.8) is 0 Å². The summed E-state index contributed by atoms with van der Waals surface area (Å²) in [5.74, 6) is 0.409. The van der Waals surface area contributed by atoms with Crippen LogP contribution in [0.4, 0.5) is 0 Å². The molecule has 1 aromatic rings. The normalized spacial score (nSPS) is 14.9. The number of nitrogens with zero attached hydrogens (tertiary/aromatic N) is 2. The Labute approximate surface area is 101 Å². The van der Waals surface area contributed by atoms with Crippen molar-refractivity contribution in [2.24, 2.45) is 0 Å². The Bertz CT molecular complexity index is 479. The molecule has 1 amide bonds. The molecule has 1 aliphatic carbocycles. The van der Waals surface area contributed by atoms with Crippen molar-refractivity contribution in [1.29, 1.82) is 0 Å². The van der Waals surface area contributed by atoms with Gasteiger partial charge in [-0.3, -0.25) is 14.2 Å². The van der Waals surface area contributed by atoms with Crippen LogP contribution in [0.15, 0.2) is 15.5 Å². The van der Waals surface area contributed by atoms with E-state index in [4.69, 9.17) is 0 Å². The number of nitrogens with one attached hydrogen (secondary N) is 1. The molecular weight excluding hydrogens is 274 g/mol. The molecular formula is C10H12BrN3O2. The average molecular weight is 286 g/mol. The second kappa shape index (κ2) is 4.37. The fourth-order valence-electron chi connectivity index (χ4n) is 1.38. The molecule has 1 aromatic heterocycles. The Hall–Kier alpha value is -1.17. The third kappa shape index (κ3) is 2.49. The summed E-state index contributed by atoms with van der Waals surface area (Å²) in [4.78, 5) is 27.3. The first-order valence-corrected chi connectivity index (χ1v) is 5.88. The molecule has 1 N–H and O–H groups in total. The highest BCUT2D eigenvalue weighted by molar-refractivity contribution is 9.10. The topological polar surface area (TPSA) is 64.0 Å². The van der Waals surface area contributed by atoms with Crippen molar-refractivity contribution < 1.29 is 4.79 Å². The SMILES string of the molecule is Cc1ncc(Br)c(=O)n1CC(=O)NC1CC1. The molecule has 1 fully saturated rings. The van der Waals surface area contributed by atoms with Crippen LogP contribution < -0.4 is 10.9 Å². The van der Waals surface area contributed by atoms with Crippen LogP contribution in [0.5, 0.6) is 0 Å². The number of aryl methyl sites for hydroxylation is 1. The summed E-state index contributed by atoms with van der Waals surface area (Å²) in [5.41, 5.74) is -0.224. The monoisotopic (exact) mass is 285 g/mol. The Morgan fingerprint density at radius 2 is 2.38 bits per heavy atom. The predicted molar refractivity (Wildman–Crippen MR) is 62.1 cm³/mol. The zero-order valence-electron chi connectivity index (χ0n) is 8.86. The first-order valence-electron chi connectivity index (χ1n) is 5.09. The minimum Gasteiger partial charge on any atom is -0.352 e. The van der Waals surface area contributed by atoms with Crippen molar-refractivity contribution in [1.82, 2.24) is 14.9 Å². The van der Waals surface area contributed by atoms with E-state index in [2.05, 4.69) is 26.2 Å². The molecule has 16 heavy (non-hydrogen) atoms. The highest BCUT2D eigenvalue weighted by Crippen LogP contribution is 2.18. The van der Waals surface area contributed by atoms with Crippen LogP contribution in [0.1, 0.15) is 18.7 Å². The highest BCUT2D eigenvalue weighted by atomic mass is 79.9. The van der Waals surface area contributed by atoms with Gasteiger partial charge in [0.15, 0.2) is 0 Å². The number of hydrogen-bond acceptors (Lipinski definition) is 3. The summed E-state index contributed by atoms with van der Waals surface area (Å²) < 4.78 is 1.74. The summed E-state index contributed by atoms with van der Waals surface area (Å²) in [5, 5.41) is 2.83. The molecule has 0 radical (unpaired) electrons. The summed E-state index contributed by atoms with van der Waals surface area (Å²) >= 11 is 3.11. The van der Waals surface area contributed by atoms with E-state index in [1.165, 1.54) is 10.8 Å². The van der Waals surface area contributed by atoms with Crippen LogP contribution in [-0.2, 0) is 11.3 Å². The largest absolute Gasteiger partial charge is 0.352 e. The molecule has 6 heteroatoms. The number of aromatic nitrogens is 2. The van der Waals surface area contributed by atoms with E-state index in [0.29, 0.717) is 16.3 Å². The number of carbonyl (C=O) groups is 1. The van der Waals surface area contributed by atoms with Gasteiger partial charge in [-0.15, -0.1) is 0 Å². The van der Waals surface area contributed by atoms with Crippen molar-refractivity contribution in [2.45, 2.75) is 32.4 Å². The zero-order valence-corrected chi connectivity index (χ0v) is 10.5. The van der Waals surface area contributed by atoms with E-state index >= 15 is 0 Å². The lowest BCUT2D eigenvalue weighted by Gasteiger charge is -2.09. The van der Waals surface area contributed by atoms with Gasteiger partial charge in [0.25, 0.3) is 5.56 Å². The molecule has 0 aliphatic heterocycles. The van der Waals surface area contributed by atoms with Gasteiger partial charge in [-0.1, -0.05) is 0 Å². The summed E-state index contributed by atoms with van der Waals surface area (Å²) in [6.45, 7) is 1.74. The van der Waals surface area contributed by atoms with Crippen LogP contribution in [0, 0.1) is 6.92 Å². The molecule has 1 heterocycles. The smallest absolute Gasteiger partial charge is 0.268 e. The maximum atomic E-state index is 11.7. The van der Waals surface area contributed by atoms with Gasteiger partial charge in [0.1, 0.15) is 16.8 Å². The van der Waals surface area contributed by atoms with E-state index < -0.39 is 0 Å². The van der Waals surface area contributed by atoms with Crippen LogP contribution in [0.25, 0.3) is 0 Å². The Morgan fingerprint density at radius 1 is 1.69 bits per heavy atom. The van der Waals surface area contributed by atoms with Crippen molar-refractivity contribution in [3.05, 3.63) is 26.8 Å². The van der Waals surface area contributed by atoms with Crippen molar-refractivity contribution in [3.8, 4) is 0 Å². The first kappa shape index (κ1) is 11.3. The van der Waals surface area contributed by atoms with E-state index in [1.54, 1.807) is 6.92 Å². The maximum absolute atomic E-state index is 11.7. The van der Waals surface area contributed by atoms with Crippen LogP contribution in [0.2, 0.25) is 0 Å². The minimum atomic E-state index is -0.224. The third-order valence-electron chi connectivity index (χ3n) is 2.45. The maximum Gasteiger partial charge on any atom is 0.268 e. The van der Waals surface area contributed by atoms with Crippen molar-refractivity contribution in [2.75, 3.05) is 0 Å². The second-order valence-electron chi connectivity index (χ2n) is 3.89. The highest BCUT2D eigenvalue weighted by Gasteiger charge is 2.23. The standard InChI is InChI=1S/C10H12BrN3O2/c1-6-12-4-8(11)10(16)14(6)5-9(15)13-7-2-3-7/h4,7H,2-3,5H2,1H3,(H,13,15). The van der Waals surface area contributed by atoms with E-state index in [-0.39, 0.29) is 18.0 Å². The average Bonchev–Trinajstić information content (AvgIpc) is 3.02. The molecule has 1 aliphatic rings. The van der Waals surface area contributed by atoms with Crippen LogP contribution in [-0.4, -0.2) is 21.5 Å². The predicted octanol–water partition coefficient (Wildman–Crippen LogP) is 0.593. The van der Waals surface area contributed by atoms with E-state index in [9.17, 15) is 9.59 Å². The molecule has 0 atom stereocenters. The van der Waals surface area contributed by atoms with Crippen LogP contribution in [0.3, 0.4) is 0 Å². The van der Waals surface area contributed by atoms with Gasteiger partial charge >= 0.3 is 0 Å². The molecule has 1 saturated carbocycles. The number of halogens is 1. The molecule has 0 aromatic carbocycles. The molecule has 5 nitrogen and oxygen atoms in total. The Balaban J connectivity index is 2.16. The van der Waals surface area contributed by atoms with E-state index in [0.717, 1.165) is 12.8 Å². The molecule has 86 valence electrons. The summed E-state index contributed by atoms with van der Waals surface area (Å²) in [7, 11) is 0. The molecule has 2 rings (SSSR count). The van der Waals surface area contributed by atoms with E-state index in [1.807, 2.05) is 0 Å². The quantitative estimate of drug-likeness (QED) is 0.884. The summed E-state index contributed by atoms with van der Waals surface area (Å²) in [6.07, 6.45) is 3.53. The number of hydrogen-bond donors (Lipinski definition) is 1. The van der Waals surface area contributed by atoms with Gasteiger partial charge in [0.05, 0.1) is 0 Å². The molecule has 0 saturated heterocycles. The van der Waals surface area contributed by atoms with Crippen molar-refractivity contribution >= 4 is 21.8 Å². The second-order valence-corrected chi connectivity index (χ2v) is 4.74. The lowest BCUT2D eigenvalue weighted by atomic mass is 10.4. The zero-order chi connectivity index (χ0) is 11.7. The fourth-order valence-corrected chi connectivity index (χ4v) is 1.70. The van der Waals surface area contributed by atoms with Gasteiger partial charge in [-0.2, -0.15) is 0 Å². The molecule has 0 spiro atoms. The summed E-state index contributed by atoms with van der Waals surface area (Å²) in [6, 6.07) is 0.309. The van der Waals surface area contributed by atoms with Gasteiger partial charge in [0, 0.05) is 12.2 Å². The molecule has 0 unspecified atom stereocenters. The number of rotatable bonds is 3. The van der Waals surface area contributed by atoms with Crippen LogP contribution >= 0.6 is 15.9 Å². The Morgan fingerprint density at radius 3 is 3.00 bits per heavy atom. The van der Waals surface area contributed by atoms with Gasteiger partial charge in [-0.05, 0) is 35.7 Å². The third-order valence-corrected chi connectivity index (χ3v) is 2.99. The number of carbonyl (C=O) groups excluding carboxylic acids is 1. The van der Waals surface area contributed by atoms with Gasteiger partial charge in [-0.25, -0.2) is 4.98 Å². The lowest BCUT2D eigenvalue weighted by Crippen LogP contribution is -2.35. The lowest BCUT2D eigenvalue weighted by molar-refractivity contribution is -0.121. The Kier molecular flexibility index (Phi) is 3.09. The fraction of sp³-hybridized carbons (Fsp3) is 0.500. The minimum absolute atomic E-state index is 0.0353. The van der Waals surface area contributed by atoms with Gasteiger partial charge in [0.2, 0.25) is 5.91 Å². The molecule has 0 bridgehead atoms. The van der Waals surface area contributed by atoms with Gasteiger partial charge < -0.3 is 5.32 Å². The number of amides is 1. The first-order chi connectivity index (χ1) is 7.58.